The van der Waals surface area contributed by atoms with Crippen molar-refractivity contribution in [2.24, 2.45) is 5.11 Å². The molecule has 1 aliphatic rings. The van der Waals surface area contributed by atoms with E-state index in [0.29, 0.717) is 6.42 Å². The molecule has 0 heterocycles. The molecule has 16 heavy (non-hydrogen) atoms. The Balaban J connectivity index is 2.38. The molecule has 88 valence electrons. The number of hydrogen-bond donors (Lipinski definition) is 1. The van der Waals surface area contributed by atoms with Gasteiger partial charge in [-0.15, -0.1) is 0 Å². The van der Waals surface area contributed by atoms with E-state index in [9.17, 15) is 4.79 Å². The quantitative estimate of drug-likeness (QED) is 0.338. The third-order valence-electron chi connectivity index (χ3n) is 1.96. The van der Waals surface area contributed by atoms with E-state index in [4.69, 9.17) is 10.3 Å². The van der Waals surface area contributed by atoms with Crippen molar-refractivity contribution in [1.82, 2.24) is 5.32 Å². The molecule has 1 N–H and O–H groups in total. The van der Waals surface area contributed by atoms with Crippen LogP contribution in [0.1, 0.15) is 27.2 Å². The van der Waals surface area contributed by atoms with Crippen LogP contribution in [0.2, 0.25) is 0 Å². The lowest BCUT2D eigenvalue weighted by Crippen LogP contribution is -2.37. The van der Waals surface area contributed by atoms with Crippen LogP contribution in [0.3, 0.4) is 0 Å². The number of hydrogen-bond acceptors (Lipinski definition) is 3. The lowest BCUT2D eigenvalue weighted by molar-refractivity contribution is 0.0514. The number of carbonyl (C=O) groups is 1. The predicted octanol–water partition coefficient (Wildman–Crippen LogP) is 2.52. The van der Waals surface area contributed by atoms with Gasteiger partial charge in [0, 0.05) is 4.91 Å². The number of alkyl carbamates (subject to hydrolysis) is 1. The van der Waals surface area contributed by atoms with E-state index in [1.807, 2.05) is 6.08 Å². The first-order chi connectivity index (χ1) is 7.40. The maximum atomic E-state index is 11.4. The summed E-state index contributed by atoms with van der Waals surface area (Å²) in [7, 11) is 0. The van der Waals surface area contributed by atoms with Crippen LogP contribution in [0.5, 0.6) is 0 Å². The standard InChI is InChI=1S/C10H16N4O2/c1-10(2,3)16-9(15)12-7-4-5-8(6-7)13-14-11/h4-5,7-8H,6H2,1-3H3,(H,12,15)/t7-,8?/m0/s1. The molecule has 1 unspecified atom stereocenters. The van der Waals surface area contributed by atoms with Gasteiger partial charge in [0.25, 0.3) is 0 Å². The fourth-order valence-corrected chi connectivity index (χ4v) is 1.40. The highest BCUT2D eigenvalue weighted by molar-refractivity contribution is 5.68. The van der Waals surface area contributed by atoms with Crippen molar-refractivity contribution in [2.45, 2.75) is 44.9 Å². The minimum atomic E-state index is -0.503. The van der Waals surface area contributed by atoms with E-state index < -0.39 is 11.7 Å². The lowest BCUT2D eigenvalue weighted by Gasteiger charge is -2.21. The average Bonchev–Trinajstić information content (AvgIpc) is 2.49. The molecule has 0 saturated heterocycles. The lowest BCUT2D eigenvalue weighted by atomic mass is 10.2. The summed E-state index contributed by atoms with van der Waals surface area (Å²) in [5, 5.41) is 6.25. The number of nitrogens with zero attached hydrogens (tertiary/aromatic N) is 3. The van der Waals surface area contributed by atoms with Gasteiger partial charge in [0.2, 0.25) is 0 Å². The molecule has 0 aromatic heterocycles. The Kier molecular flexibility index (Phi) is 3.79. The number of azide groups is 1. The fourth-order valence-electron chi connectivity index (χ4n) is 1.40. The zero-order valence-electron chi connectivity index (χ0n) is 9.67. The summed E-state index contributed by atoms with van der Waals surface area (Å²) >= 11 is 0. The van der Waals surface area contributed by atoms with Crippen LogP contribution < -0.4 is 5.32 Å². The predicted molar refractivity (Wildman–Crippen MR) is 59.8 cm³/mol. The normalized spacial score (nSPS) is 23.7. The topological polar surface area (TPSA) is 87.1 Å². The maximum Gasteiger partial charge on any atom is 0.408 e. The second kappa shape index (κ2) is 4.90. The van der Waals surface area contributed by atoms with Gasteiger partial charge in [0.15, 0.2) is 0 Å². The van der Waals surface area contributed by atoms with Crippen LogP contribution in [-0.2, 0) is 4.74 Å². The number of nitrogens with one attached hydrogen (secondary N) is 1. The molecule has 1 aliphatic carbocycles. The molecule has 0 fully saturated rings. The molecule has 0 saturated carbocycles. The van der Waals surface area contributed by atoms with Crippen molar-refractivity contribution < 1.29 is 9.53 Å². The molecule has 1 amide bonds. The second-order valence-corrected chi connectivity index (χ2v) is 4.65. The van der Waals surface area contributed by atoms with E-state index in [0.717, 1.165) is 0 Å². The first-order valence-corrected chi connectivity index (χ1v) is 5.13. The molecular weight excluding hydrogens is 208 g/mol. The van der Waals surface area contributed by atoms with Gasteiger partial charge in [-0.2, -0.15) is 0 Å². The van der Waals surface area contributed by atoms with Crippen molar-refractivity contribution in [3.05, 3.63) is 22.6 Å². The third-order valence-corrected chi connectivity index (χ3v) is 1.96. The van der Waals surface area contributed by atoms with Crippen LogP contribution in [0.25, 0.3) is 10.4 Å². The monoisotopic (exact) mass is 224 g/mol. The van der Waals surface area contributed by atoms with E-state index in [1.165, 1.54) is 0 Å². The Bertz CT molecular complexity index is 339. The molecule has 0 aliphatic heterocycles. The molecule has 2 atom stereocenters. The van der Waals surface area contributed by atoms with Crippen molar-refractivity contribution in [1.29, 1.82) is 0 Å². The summed E-state index contributed by atoms with van der Waals surface area (Å²) in [6, 6.07) is -0.296. The highest BCUT2D eigenvalue weighted by Crippen LogP contribution is 2.15. The van der Waals surface area contributed by atoms with E-state index in [2.05, 4.69) is 15.3 Å². The summed E-state index contributed by atoms with van der Waals surface area (Å²) in [6.07, 6.45) is 3.72. The molecule has 0 bridgehead atoms. The molecule has 6 nitrogen and oxygen atoms in total. The average molecular weight is 224 g/mol. The summed E-state index contributed by atoms with van der Waals surface area (Å²) in [4.78, 5) is 14.1. The zero-order chi connectivity index (χ0) is 12.2. The summed E-state index contributed by atoms with van der Waals surface area (Å²) in [5.41, 5.74) is 7.76. The van der Waals surface area contributed by atoms with Gasteiger partial charge in [0.1, 0.15) is 5.60 Å². The maximum absolute atomic E-state index is 11.4. The SMILES string of the molecule is CC(C)(C)OC(=O)N[C@H]1C=CC(N=[N+]=[N-])C1. The third kappa shape index (κ3) is 4.23. The van der Waals surface area contributed by atoms with Crippen molar-refractivity contribution in [3.8, 4) is 0 Å². The highest BCUT2D eigenvalue weighted by atomic mass is 16.6. The largest absolute Gasteiger partial charge is 0.444 e. The first kappa shape index (κ1) is 12.4. The molecule has 0 aromatic carbocycles. The summed E-state index contributed by atoms with van der Waals surface area (Å²) in [5.74, 6) is 0. The van der Waals surface area contributed by atoms with Crippen LogP contribution in [-0.4, -0.2) is 23.8 Å². The molecular formula is C10H16N4O2. The van der Waals surface area contributed by atoms with Gasteiger partial charge in [0.05, 0.1) is 12.1 Å². The Morgan fingerprint density at radius 2 is 2.25 bits per heavy atom. The van der Waals surface area contributed by atoms with Crippen molar-refractivity contribution in [2.75, 3.05) is 0 Å². The van der Waals surface area contributed by atoms with E-state index in [1.54, 1.807) is 26.8 Å². The molecule has 1 rings (SSSR count). The molecule has 6 heteroatoms. The number of ether oxygens (including phenoxy) is 1. The Hall–Kier alpha value is -1.68. The Labute approximate surface area is 94.3 Å². The fraction of sp³-hybridized carbons (Fsp3) is 0.700. The number of rotatable bonds is 2. The summed E-state index contributed by atoms with van der Waals surface area (Å²) in [6.45, 7) is 5.42. The van der Waals surface area contributed by atoms with Gasteiger partial charge in [-0.05, 0) is 32.7 Å². The minimum absolute atomic E-state index is 0.120. The molecule has 0 radical (unpaired) electrons. The minimum Gasteiger partial charge on any atom is -0.444 e. The highest BCUT2D eigenvalue weighted by Gasteiger charge is 2.22. The van der Waals surface area contributed by atoms with Gasteiger partial charge < -0.3 is 10.1 Å². The van der Waals surface area contributed by atoms with Crippen LogP contribution in [0, 0.1) is 0 Å². The van der Waals surface area contributed by atoms with Gasteiger partial charge >= 0.3 is 6.09 Å². The van der Waals surface area contributed by atoms with Gasteiger partial charge in [-0.25, -0.2) is 4.79 Å². The Morgan fingerprint density at radius 3 is 2.81 bits per heavy atom. The molecule has 0 spiro atoms. The second-order valence-electron chi connectivity index (χ2n) is 4.65. The number of carbonyl (C=O) groups excluding carboxylic acids is 1. The smallest absolute Gasteiger partial charge is 0.408 e. The van der Waals surface area contributed by atoms with E-state index >= 15 is 0 Å². The van der Waals surface area contributed by atoms with Crippen molar-refractivity contribution in [3.63, 3.8) is 0 Å². The van der Waals surface area contributed by atoms with Gasteiger partial charge in [-0.1, -0.05) is 17.3 Å². The van der Waals surface area contributed by atoms with Gasteiger partial charge in [-0.3, -0.25) is 0 Å². The first-order valence-electron chi connectivity index (χ1n) is 5.13. The Morgan fingerprint density at radius 1 is 1.56 bits per heavy atom. The molecule has 0 aromatic rings. The summed E-state index contributed by atoms with van der Waals surface area (Å²) < 4.78 is 5.11. The van der Waals surface area contributed by atoms with Crippen LogP contribution >= 0.6 is 0 Å². The van der Waals surface area contributed by atoms with Crippen LogP contribution in [0.4, 0.5) is 4.79 Å². The van der Waals surface area contributed by atoms with E-state index in [-0.39, 0.29) is 12.1 Å². The van der Waals surface area contributed by atoms with Crippen molar-refractivity contribution >= 4 is 6.09 Å². The van der Waals surface area contributed by atoms with Crippen LogP contribution in [0.15, 0.2) is 17.3 Å². The number of amides is 1. The zero-order valence-corrected chi connectivity index (χ0v) is 9.67.